The first kappa shape index (κ1) is 22.5. The third-order valence-corrected chi connectivity index (χ3v) is 5.49. The maximum absolute atomic E-state index is 13.0. The lowest BCUT2D eigenvalue weighted by molar-refractivity contribution is 0.0415. The number of Topliss-reactive ketones (excluding diaryl/α,β-unsaturated/α-hetero) is 1. The molecule has 1 amide bonds. The normalized spacial score (nSPS) is 16.3. The predicted molar refractivity (Wildman–Crippen MR) is 119 cm³/mol. The van der Waals surface area contributed by atoms with Gasteiger partial charge < -0.3 is 33.3 Å². The van der Waals surface area contributed by atoms with Crippen molar-refractivity contribution in [2.24, 2.45) is 0 Å². The predicted octanol–water partition coefficient (Wildman–Crippen LogP) is 3.47. The number of hydrogen-bond acceptors (Lipinski definition) is 8. The quantitative estimate of drug-likeness (QED) is 0.633. The Balaban J connectivity index is 1.60. The summed E-state index contributed by atoms with van der Waals surface area (Å²) in [6.07, 6.45) is 1.14. The minimum absolute atomic E-state index is 0.138. The molecular weight excluding hydrogens is 430 g/mol. The number of fused-ring (bicyclic) bond motifs is 1. The van der Waals surface area contributed by atoms with E-state index in [-0.39, 0.29) is 11.5 Å². The zero-order valence-electron chi connectivity index (χ0n) is 18.9. The smallest absolute Gasteiger partial charge is 0.415 e. The molecule has 2 heterocycles. The van der Waals surface area contributed by atoms with Crippen molar-refractivity contribution >= 4 is 18.0 Å². The highest BCUT2D eigenvalue weighted by Gasteiger charge is 2.31. The summed E-state index contributed by atoms with van der Waals surface area (Å²) in [5.41, 5.74) is 1.60. The standard InChI is InChI=1S/C24H25NO8/c1-14-17(33-24(27)25-7-9-31-10-8-25)6-5-16-21(26)18(32-22(14)16)11-15-12-19(28-2)23(30-4)20(13-15)29-3/h5-6,11-13H,7-10H2,1-4H3. The van der Waals surface area contributed by atoms with E-state index >= 15 is 0 Å². The Morgan fingerprint density at radius 1 is 1.00 bits per heavy atom. The molecule has 4 rings (SSSR count). The lowest BCUT2D eigenvalue weighted by Crippen LogP contribution is -2.42. The van der Waals surface area contributed by atoms with Crippen LogP contribution in [0.15, 0.2) is 30.0 Å². The van der Waals surface area contributed by atoms with Gasteiger partial charge in [0.1, 0.15) is 11.5 Å². The number of amides is 1. The van der Waals surface area contributed by atoms with Crippen LogP contribution in [0.2, 0.25) is 0 Å². The van der Waals surface area contributed by atoms with E-state index in [1.54, 1.807) is 42.2 Å². The molecule has 33 heavy (non-hydrogen) atoms. The molecule has 0 aromatic heterocycles. The number of carbonyl (C=O) groups is 2. The average molecular weight is 455 g/mol. The van der Waals surface area contributed by atoms with Crippen molar-refractivity contribution in [3.63, 3.8) is 0 Å². The number of allylic oxidation sites excluding steroid dienone is 1. The van der Waals surface area contributed by atoms with Gasteiger partial charge in [-0.05, 0) is 42.8 Å². The summed E-state index contributed by atoms with van der Waals surface area (Å²) < 4.78 is 32.8. The molecule has 2 aromatic carbocycles. The molecule has 9 heteroatoms. The molecule has 0 saturated carbocycles. The minimum atomic E-state index is -0.459. The van der Waals surface area contributed by atoms with E-state index in [4.69, 9.17) is 28.4 Å². The summed E-state index contributed by atoms with van der Waals surface area (Å²) in [7, 11) is 4.56. The van der Waals surface area contributed by atoms with E-state index in [0.29, 0.717) is 71.7 Å². The van der Waals surface area contributed by atoms with Crippen molar-refractivity contribution < 1.29 is 38.0 Å². The monoisotopic (exact) mass is 455 g/mol. The summed E-state index contributed by atoms with van der Waals surface area (Å²) in [5.74, 6) is 1.94. The zero-order chi connectivity index (χ0) is 23.5. The highest BCUT2D eigenvalue weighted by atomic mass is 16.6. The summed E-state index contributed by atoms with van der Waals surface area (Å²) in [6, 6.07) is 6.64. The molecule has 9 nitrogen and oxygen atoms in total. The molecule has 0 aliphatic carbocycles. The number of ketones is 1. The summed E-state index contributed by atoms with van der Waals surface area (Å²) >= 11 is 0. The van der Waals surface area contributed by atoms with Gasteiger partial charge in [-0.1, -0.05) is 0 Å². The van der Waals surface area contributed by atoms with Crippen molar-refractivity contribution in [3.05, 3.63) is 46.7 Å². The Morgan fingerprint density at radius 3 is 2.27 bits per heavy atom. The number of nitrogens with zero attached hydrogens (tertiary/aromatic N) is 1. The molecule has 2 aliphatic rings. The van der Waals surface area contributed by atoms with Crippen LogP contribution >= 0.6 is 0 Å². The minimum Gasteiger partial charge on any atom is -0.493 e. The van der Waals surface area contributed by atoms with Crippen LogP contribution in [0.5, 0.6) is 28.7 Å². The SMILES string of the molecule is COc1cc(C=C2Oc3c(ccc(OC(=O)N4CCOCC4)c3C)C2=O)cc(OC)c1OC. The first-order chi connectivity index (χ1) is 16.0. The summed E-state index contributed by atoms with van der Waals surface area (Å²) in [6.45, 7) is 3.64. The first-order valence-corrected chi connectivity index (χ1v) is 10.4. The van der Waals surface area contributed by atoms with Crippen LogP contribution in [0.25, 0.3) is 6.08 Å². The fourth-order valence-electron chi connectivity index (χ4n) is 3.72. The third kappa shape index (κ3) is 4.31. The van der Waals surface area contributed by atoms with Crippen molar-refractivity contribution in [1.29, 1.82) is 0 Å². The lowest BCUT2D eigenvalue weighted by atomic mass is 10.1. The first-order valence-electron chi connectivity index (χ1n) is 10.4. The van der Waals surface area contributed by atoms with Crippen LogP contribution in [0.1, 0.15) is 21.5 Å². The second-order valence-corrected chi connectivity index (χ2v) is 7.43. The number of benzene rings is 2. The Kier molecular flexibility index (Phi) is 6.41. The van der Waals surface area contributed by atoms with Crippen LogP contribution in [0, 0.1) is 6.92 Å². The van der Waals surface area contributed by atoms with E-state index in [1.165, 1.54) is 21.3 Å². The van der Waals surface area contributed by atoms with Crippen molar-refractivity contribution in [3.8, 4) is 28.7 Å². The largest absolute Gasteiger partial charge is 0.493 e. The van der Waals surface area contributed by atoms with Gasteiger partial charge >= 0.3 is 6.09 Å². The Bertz CT molecular complexity index is 1090. The Morgan fingerprint density at radius 2 is 1.67 bits per heavy atom. The zero-order valence-corrected chi connectivity index (χ0v) is 18.9. The second kappa shape index (κ2) is 9.41. The lowest BCUT2D eigenvalue weighted by Gasteiger charge is -2.26. The highest BCUT2D eigenvalue weighted by Crippen LogP contribution is 2.41. The van der Waals surface area contributed by atoms with E-state index in [9.17, 15) is 9.59 Å². The average Bonchev–Trinajstić information content (AvgIpc) is 3.16. The Hall–Kier alpha value is -3.72. The van der Waals surface area contributed by atoms with Crippen LogP contribution in [0.3, 0.4) is 0 Å². The highest BCUT2D eigenvalue weighted by molar-refractivity contribution is 6.15. The summed E-state index contributed by atoms with van der Waals surface area (Å²) in [4.78, 5) is 27.0. The van der Waals surface area contributed by atoms with Crippen molar-refractivity contribution in [1.82, 2.24) is 4.90 Å². The van der Waals surface area contributed by atoms with Crippen molar-refractivity contribution in [2.45, 2.75) is 6.92 Å². The molecule has 0 bridgehead atoms. The molecule has 174 valence electrons. The maximum atomic E-state index is 13.0. The topological polar surface area (TPSA) is 92.8 Å². The van der Waals surface area contributed by atoms with Gasteiger partial charge in [0.25, 0.3) is 0 Å². The van der Waals surface area contributed by atoms with E-state index in [0.717, 1.165) is 0 Å². The number of hydrogen-bond donors (Lipinski definition) is 0. The van der Waals surface area contributed by atoms with Gasteiger partial charge in [-0.25, -0.2) is 4.79 Å². The number of methoxy groups -OCH3 is 3. The van der Waals surface area contributed by atoms with Crippen molar-refractivity contribution in [2.75, 3.05) is 47.6 Å². The fourth-order valence-corrected chi connectivity index (χ4v) is 3.72. The molecule has 0 atom stereocenters. The molecule has 0 spiro atoms. The number of ether oxygens (including phenoxy) is 6. The van der Waals surface area contributed by atoms with Gasteiger partial charge in [0.2, 0.25) is 11.5 Å². The van der Waals surface area contributed by atoms with Gasteiger partial charge in [0.15, 0.2) is 17.3 Å². The molecule has 0 unspecified atom stereocenters. The number of morpholine rings is 1. The van der Waals surface area contributed by atoms with Crippen LogP contribution < -0.4 is 23.7 Å². The third-order valence-electron chi connectivity index (χ3n) is 5.49. The summed E-state index contributed by atoms with van der Waals surface area (Å²) in [5, 5.41) is 0. The molecule has 2 aliphatic heterocycles. The maximum Gasteiger partial charge on any atom is 0.415 e. The molecule has 0 N–H and O–H groups in total. The Labute approximate surface area is 191 Å². The molecule has 2 aromatic rings. The van der Waals surface area contributed by atoms with Crippen LogP contribution in [0.4, 0.5) is 4.79 Å². The number of rotatable bonds is 5. The molecule has 1 fully saturated rings. The molecule has 0 radical (unpaired) electrons. The van der Waals surface area contributed by atoms with Crippen LogP contribution in [-0.4, -0.2) is 64.4 Å². The van der Waals surface area contributed by atoms with E-state index < -0.39 is 6.09 Å². The molecular formula is C24H25NO8. The van der Waals surface area contributed by atoms with Gasteiger partial charge in [0, 0.05) is 18.7 Å². The van der Waals surface area contributed by atoms with Crippen LogP contribution in [-0.2, 0) is 4.74 Å². The van der Waals surface area contributed by atoms with E-state index in [1.807, 2.05) is 0 Å². The van der Waals surface area contributed by atoms with E-state index in [2.05, 4.69) is 0 Å². The van der Waals surface area contributed by atoms with Gasteiger partial charge in [-0.3, -0.25) is 4.79 Å². The van der Waals surface area contributed by atoms with Gasteiger partial charge in [0.05, 0.1) is 40.1 Å². The fraction of sp³-hybridized carbons (Fsp3) is 0.333. The van der Waals surface area contributed by atoms with Gasteiger partial charge in [-0.15, -0.1) is 0 Å². The second-order valence-electron chi connectivity index (χ2n) is 7.43. The number of carbonyl (C=O) groups excluding carboxylic acids is 2. The van der Waals surface area contributed by atoms with Gasteiger partial charge in [-0.2, -0.15) is 0 Å². The molecule has 1 saturated heterocycles.